The van der Waals surface area contributed by atoms with E-state index in [4.69, 9.17) is 4.74 Å². The van der Waals surface area contributed by atoms with Crippen molar-refractivity contribution in [2.75, 3.05) is 11.9 Å². The molecule has 2 aliphatic rings. The summed E-state index contributed by atoms with van der Waals surface area (Å²) < 4.78 is 6.55. The molecule has 2 aromatic rings. The smallest absolute Gasteiger partial charge is 0.261 e. The first kappa shape index (κ1) is 21.2. The fraction of sp³-hybridized carbons (Fsp3) is 0.304. The summed E-state index contributed by atoms with van der Waals surface area (Å²) in [5.74, 6) is -0.471. The van der Waals surface area contributed by atoms with Crippen molar-refractivity contribution in [2.24, 2.45) is 0 Å². The highest BCUT2D eigenvalue weighted by atomic mass is 79.9. The summed E-state index contributed by atoms with van der Waals surface area (Å²) >= 11 is 3.30. The maximum absolute atomic E-state index is 12.5. The minimum atomic E-state index is -0.547. The molecule has 2 aromatic carbocycles. The Bertz CT molecular complexity index is 1120. The first-order chi connectivity index (χ1) is 14.6. The van der Waals surface area contributed by atoms with Crippen LogP contribution in [0.4, 0.5) is 5.69 Å². The molecule has 2 aliphatic heterocycles. The molecule has 2 heterocycles. The number of halogens is 1. The summed E-state index contributed by atoms with van der Waals surface area (Å²) in [6.07, 6.45) is 0.736. The number of imide groups is 1. The van der Waals surface area contributed by atoms with Crippen LogP contribution in [0.25, 0.3) is 0 Å². The van der Waals surface area contributed by atoms with E-state index in [1.165, 1.54) is 4.90 Å². The predicted molar refractivity (Wildman–Crippen MR) is 117 cm³/mol. The third-order valence-corrected chi connectivity index (χ3v) is 5.75. The van der Waals surface area contributed by atoms with Crippen molar-refractivity contribution in [2.45, 2.75) is 38.7 Å². The Morgan fingerprint density at radius 2 is 1.81 bits per heavy atom. The van der Waals surface area contributed by atoms with Crippen LogP contribution in [0.3, 0.4) is 0 Å². The number of hydrogen-bond donors (Lipinski definition) is 1. The van der Waals surface area contributed by atoms with E-state index in [1.54, 1.807) is 36.4 Å². The van der Waals surface area contributed by atoms with E-state index in [0.29, 0.717) is 34.5 Å². The fourth-order valence-electron chi connectivity index (χ4n) is 3.82. The van der Waals surface area contributed by atoms with Crippen molar-refractivity contribution in [3.8, 4) is 5.75 Å². The van der Waals surface area contributed by atoms with E-state index < -0.39 is 5.60 Å². The summed E-state index contributed by atoms with van der Waals surface area (Å²) in [5.41, 5.74) is 1.16. The molecule has 0 atom stereocenters. The molecule has 0 fully saturated rings. The molecular weight excluding hydrogens is 464 g/mol. The van der Waals surface area contributed by atoms with Crippen molar-refractivity contribution in [3.05, 3.63) is 57.6 Å². The molecule has 0 saturated carbocycles. The minimum Gasteiger partial charge on any atom is -0.487 e. The second-order valence-electron chi connectivity index (χ2n) is 8.28. The molecule has 0 saturated heterocycles. The summed E-state index contributed by atoms with van der Waals surface area (Å²) in [4.78, 5) is 50.8. The zero-order chi connectivity index (χ0) is 22.3. The molecule has 160 valence electrons. The van der Waals surface area contributed by atoms with E-state index in [-0.39, 0.29) is 42.9 Å². The lowest BCUT2D eigenvalue weighted by molar-refractivity contribution is -0.116. The van der Waals surface area contributed by atoms with E-state index in [2.05, 4.69) is 21.2 Å². The van der Waals surface area contributed by atoms with E-state index in [1.807, 2.05) is 13.8 Å². The second-order valence-corrected chi connectivity index (χ2v) is 9.19. The highest BCUT2D eigenvalue weighted by Gasteiger charge is 2.35. The number of Topliss-reactive ketones (excluding diaryl/α,β-unsaturated/α-hetero) is 1. The van der Waals surface area contributed by atoms with Gasteiger partial charge in [0.2, 0.25) is 5.91 Å². The third-order valence-electron chi connectivity index (χ3n) is 5.25. The normalized spacial score (nSPS) is 16.6. The van der Waals surface area contributed by atoms with Gasteiger partial charge in [-0.1, -0.05) is 15.9 Å². The lowest BCUT2D eigenvalue weighted by Crippen LogP contribution is -2.35. The number of nitrogens with one attached hydrogen (secondary N) is 1. The van der Waals surface area contributed by atoms with Gasteiger partial charge in [0.05, 0.1) is 23.1 Å². The molecule has 0 spiro atoms. The number of ether oxygens (including phenoxy) is 1. The molecule has 0 unspecified atom stereocenters. The van der Waals surface area contributed by atoms with Gasteiger partial charge in [-0.15, -0.1) is 0 Å². The van der Waals surface area contributed by atoms with Crippen LogP contribution >= 0.6 is 15.9 Å². The number of hydrogen-bond acceptors (Lipinski definition) is 5. The SMILES string of the molecule is CC1(C)CC(=O)c2cc(NC(=O)CCCN3C(=O)c4ccc(Br)cc4C3=O)ccc2O1. The predicted octanol–water partition coefficient (Wildman–Crippen LogP) is 4.21. The van der Waals surface area contributed by atoms with Crippen LogP contribution in [0.1, 0.15) is 64.2 Å². The first-order valence-electron chi connectivity index (χ1n) is 9.96. The number of anilines is 1. The molecule has 8 heteroatoms. The van der Waals surface area contributed by atoms with Gasteiger partial charge in [0.25, 0.3) is 11.8 Å². The Kier molecular flexibility index (Phi) is 5.43. The fourth-order valence-corrected chi connectivity index (χ4v) is 4.18. The van der Waals surface area contributed by atoms with Gasteiger partial charge in [0, 0.05) is 23.1 Å². The maximum atomic E-state index is 12.5. The second kappa shape index (κ2) is 7.92. The summed E-state index contributed by atoms with van der Waals surface area (Å²) in [5, 5.41) is 2.76. The minimum absolute atomic E-state index is 0.0281. The Hall–Kier alpha value is -3.00. The zero-order valence-electron chi connectivity index (χ0n) is 17.2. The number of ketones is 1. The molecule has 4 rings (SSSR count). The lowest BCUT2D eigenvalue weighted by atomic mass is 9.93. The largest absolute Gasteiger partial charge is 0.487 e. The van der Waals surface area contributed by atoms with Gasteiger partial charge in [-0.25, -0.2) is 0 Å². The Morgan fingerprint density at radius 1 is 1.06 bits per heavy atom. The molecule has 3 amide bonds. The first-order valence-corrected chi connectivity index (χ1v) is 10.8. The van der Waals surface area contributed by atoms with Crippen LogP contribution in [-0.2, 0) is 4.79 Å². The highest BCUT2D eigenvalue weighted by Crippen LogP contribution is 2.34. The van der Waals surface area contributed by atoms with Crippen molar-refractivity contribution in [1.82, 2.24) is 4.90 Å². The molecule has 0 radical (unpaired) electrons. The Morgan fingerprint density at radius 3 is 2.58 bits per heavy atom. The van der Waals surface area contributed by atoms with Crippen LogP contribution in [0, 0.1) is 0 Å². The molecule has 31 heavy (non-hydrogen) atoms. The van der Waals surface area contributed by atoms with Gasteiger partial charge >= 0.3 is 0 Å². The molecular formula is C23H21BrN2O5. The van der Waals surface area contributed by atoms with Crippen LogP contribution in [0.5, 0.6) is 5.75 Å². The summed E-state index contributed by atoms with van der Waals surface area (Å²) in [6.45, 7) is 3.87. The monoisotopic (exact) mass is 484 g/mol. The number of rotatable bonds is 5. The van der Waals surface area contributed by atoms with Gasteiger partial charge in [0.1, 0.15) is 11.4 Å². The van der Waals surface area contributed by atoms with Crippen molar-refractivity contribution < 1.29 is 23.9 Å². The average Bonchev–Trinajstić information content (AvgIpc) is 2.92. The molecule has 0 bridgehead atoms. The lowest BCUT2D eigenvalue weighted by Gasteiger charge is -2.31. The number of amides is 3. The van der Waals surface area contributed by atoms with Crippen LogP contribution < -0.4 is 10.1 Å². The maximum Gasteiger partial charge on any atom is 0.261 e. The van der Waals surface area contributed by atoms with Crippen LogP contribution in [0.15, 0.2) is 40.9 Å². The van der Waals surface area contributed by atoms with Crippen molar-refractivity contribution in [1.29, 1.82) is 0 Å². The van der Waals surface area contributed by atoms with Gasteiger partial charge in [0.15, 0.2) is 5.78 Å². The van der Waals surface area contributed by atoms with Crippen molar-refractivity contribution >= 4 is 45.1 Å². The summed E-state index contributed by atoms with van der Waals surface area (Å²) in [7, 11) is 0. The van der Waals surface area contributed by atoms with Crippen LogP contribution in [-0.4, -0.2) is 40.6 Å². The number of carbonyl (C=O) groups is 4. The topological polar surface area (TPSA) is 92.8 Å². The number of carbonyl (C=O) groups excluding carboxylic acids is 4. The van der Waals surface area contributed by atoms with Crippen molar-refractivity contribution in [3.63, 3.8) is 0 Å². The molecule has 7 nitrogen and oxygen atoms in total. The summed E-state index contributed by atoms with van der Waals surface area (Å²) in [6, 6.07) is 9.95. The van der Waals surface area contributed by atoms with E-state index in [9.17, 15) is 19.2 Å². The number of benzene rings is 2. The third kappa shape index (κ3) is 4.25. The number of nitrogens with zero attached hydrogens (tertiary/aromatic N) is 1. The Labute approximate surface area is 187 Å². The highest BCUT2D eigenvalue weighted by molar-refractivity contribution is 9.10. The Balaban J connectivity index is 1.34. The zero-order valence-corrected chi connectivity index (χ0v) is 18.7. The average molecular weight is 485 g/mol. The number of fused-ring (bicyclic) bond motifs is 2. The van der Waals surface area contributed by atoms with Crippen LogP contribution in [0.2, 0.25) is 0 Å². The van der Waals surface area contributed by atoms with E-state index >= 15 is 0 Å². The molecule has 1 N–H and O–H groups in total. The van der Waals surface area contributed by atoms with Gasteiger partial charge < -0.3 is 10.1 Å². The van der Waals surface area contributed by atoms with E-state index in [0.717, 1.165) is 4.47 Å². The molecule has 0 aromatic heterocycles. The van der Waals surface area contributed by atoms with Gasteiger partial charge in [-0.3, -0.25) is 24.1 Å². The van der Waals surface area contributed by atoms with Gasteiger partial charge in [-0.2, -0.15) is 0 Å². The quantitative estimate of drug-likeness (QED) is 0.641. The standard InChI is InChI=1S/C23H21BrN2O5/c1-23(2)12-18(27)17-11-14(6-8-19(17)31-23)25-20(28)4-3-9-26-21(29)15-7-5-13(24)10-16(15)22(26)30/h5-8,10-11H,3-4,9,12H2,1-2H3,(H,25,28). The molecule has 0 aliphatic carbocycles. The van der Waals surface area contributed by atoms with Gasteiger partial charge in [-0.05, 0) is 56.7 Å².